The average Bonchev–Trinajstić information content (AvgIpc) is 2.44. The maximum Gasteiger partial charge on any atom is 0.231 e. The number of nitrogens with one attached hydrogen (secondary N) is 2. The standard InChI is InChI=1S/C13H24N2OS/c1-13(2,3)11(16)15-12(17)14-10-8-6-4-5-7-9-10/h10H,4-9H2,1-3H3,(H2,14,15,16,17). The van der Waals surface area contributed by atoms with Crippen molar-refractivity contribution in [2.24, 2.45) is 5.41 Å². The van der Waals surface area contributed by atoms with E-state index in [4.69, 9.17) is 12.2 Å². The van der Waals surface area contributed by atoms with Crippen molar-refractivity contribution in [3.63, 3.8) is 0 Å². The third-order valence-corrected chi connectivity index (χ3v) is 3.32. The first-order chi connectivity index (χ1) is 7.89. The van der Waals surface area contributed by atoms with E-state index in [0.717, 1.165) is 12.8 Å². The summed E-state index contributed by atoms with van der Waals surface area (Å²) in [6.45, 7) is 5.66. The Labute approximate surface area is 110 Å². The predicted molar refractivity (Wildman–Crippen MR) is 74.8 cm³/mol. The SMILES string of the molecule is CC(C)(C)C(=O)NC(=S)NC1CCCCCC1. The molecule has 0 aliphatic heterocycles. The molecule has 98 valence electrons. The zero-order valence-corrected chi connectivity index (χ0v) is 12.0. The normalized spacial score (nSPS) is 18.3. The van der Waals surface area contributed by atoms with Gasteiger partial charge in [-0.2, -0.15) is 0 Å². The number of thiocarbonyl (C=S) groups is 1. The Hall–Kier alpha value is -0.640. The molecular formula is C13H24N2OS. The number of carbonyl (C=O) groups is 1. The van der Waals surface area contributed by atoms with Crippen LogP contribution in [0.2, 0.25) is 0 Å². The first-order valence-corrected chi connectivity index (χ1v) is 6.92. The van der Waals surface area contributed by atoms with Crippen LogP contribution in [0.15, 0.2) is 0 Å². The van der Waals surface area contributed by atoms with Crippen LogP contribution in [0.4, 0.5) is 0 Å². The Balaban J connectivity index is 2.35. The summed E-state index contributed by atoms with van der Waals surface area (Å²) < 4.78 is 0. The van der Waals surface area contributed by atoms with Gasteiger partial charge in [-0.1, -0.05) is 46.5 Å². The molecule has 2 N–H and O–H groups in total. The van der Waals surface area contributed by atoms with Crippen LogP contribution >= 0.6 is 12.2 Å². The molecule has 1 saturated carbocycles. The molecular weight excluding hydrogens is 232 g/mol. The van der Waals surface area contributed by atoms with Gasteiger partial charge in [0.1, 0.15) is 0 Å². The molecule has 0 atom stereocenters. The van der Waals surface area contributed by atoms with Gasteiger partial charge < -0.3 is 10.6 Å². The second kappa shape index (κ2) is 6.34. The highest BCUT2D eigenvalue weighted by Crippen LogP contribution is 2.17. The molecule has 17 heavy (non-hydrogen) atoms. The van der Waals surface area contributed by atoms with Gasteiger partial charge in [0.25, 0.3) is 0 Å². The molecule has 0 aromatic carbocycles. The molecule has 0 saturated heterocycles. The average molecular weight is 256 g/mol. The van der Waals surface area contributed by atoms with Gasteiger partial charge in [0.2, 0.25) is 5.91 Å². The second-order valence-corrected chi connectivity index (χ2v) is 6.27. The maximum atomic E-state index is 11.7. The fourth-order valence-corrected chi connectivity index (χ4v) is 2.20. The minimum absolute atomic E-state index is 0.0244. The summed E-state index contributed by atoms with van der Waals surface area (Å²) in [5.41, 5.74) is -0.394. The molecule has 0 bridgehead atoms. The van der Waals surface area contributed by atoms with Crippen molar-refractivity contribution >= 4 is 23.2 Å². The van der Waals surface area contributed by atoms with Gasteiger partial charge in [0, 0.05) is 11.5 Å². The van der Waals surface area contributed by atoms with Crippen molar-refractivity contribution in [1.82, 2.24) is 10.6 Å². The minimum atomic E-state index is -0.394. The highest BCUT2D eigenvalue weighted by molar-refractivity contribution is 7.80. The fraction of sp³-hybridized carbons (Fsp3) is 0.846. The van der Waals surface area contributed by atoms with Crippen LogP contribution in [-0.4, -0.2) is 17.1 Å². The van der Waals surface area contributed by atoms with Gasteiger partial charge in [-0.15, -0.1) is 0 Å². The van der Waals surface area contributed by atoms with Crippen LogP contribution in [0.25, 0.3) is 0 Å². The van der Waals surface area contributed by atoms with Gasteiger partial charge >= 0.3 is 0 Å². The Morgan fingerprint density at radius 1 is 1.12 bits per heavy atom. The second-order valence-electron chi connectivity index (χ2n) is 5.87. The monoisotopic (exact) mass is 256 g/mol. The van der Waals surface area contributed by atoms with E-state index in [1.54, 1.807) is 0 Å². The van der Waals surface area contributed by atoms with Crippen molar-refractivity contribution < 1.29 is 4.79 Å². The van der Waals surface area contributed by atoms with Crippen LogP contribution in [0.5, 0.6) is 0 Å². The van der Waals surface area contributed by atoms with Crippen LogP contribution in [0.3, 0.4) is 0 Å². The molecule has 0 radical (unpaired) electrons. The number of hydrogen-bond acceptors (Lipinski definition) is 2. The highest BCUT2D eigenvalue weighted by Gasteiger charge is 2.22. The lowest BCUT2D eigenvalue weighted by Gasteiger charge is -2.22. The smallest absolute Gasteiger partial charge is 0.231 e. The minimum Gasteiger partial charge on any atom is -0.360 e. The van der Waals surface area contributed by atoms with Gasteiger partial charge in [-0.05, 0) is 25.1 Å². The van der Waals surface area contributed by atoms with E-state index in [0.29, 0.717) is 11.2 Å². The van der Waals surface area contributed by atoms with E-state index in [-0.39, 0.29) is 5.91 Å². The van der Waals surface area contributed by atoms with Gasteiger partial charge in [0.15, 0.2) is 5.11 Å². The summed E-state index contributed by atoms with van der Waals surface area (Å²) in [7, 11) is 0. The largest absolute Gasteiger partial charge is 0.360 e. The lowest BCUT2D eigenvalue weighted by Crippen LogP contribution is -2.47. The van der Waals surface area contributed by atoms with Crippen LogP contribution in [0, 0.1) is 5.41 Å². The lowest BCUT2D eigenvalue weighted by atomic mass is 9.96. The number of carbonyl (C=O) groups excluding carboxylic acids is 1. The quantitative estimate of drug-likeness (QED) is 0.560. The molecule has 0 unspecified atom stereocenters. The number of hydrogen-bond donors (Lipinski definition) is 2. The number of amides is 1. The molecule has 0 spiro atoms. The van der Waals surface area contributed by atoms with Crippen molar-refractivity contribution in [2.45, 2.75) is 65.3 Å². The Morgan fingerprint density at radius 2 is 1.65 bits per heavy atom. The molecule has 1 amide bonds. The van der Waals surface area contributed by atoms with E-state index >= 15 is 0 Å². The molecule has 1 fully saturated rings. The van der Waals surface area contributed by atoms with Gasteiger partial charge in [0.05, 0.1) is 0 Å². The van der Waals surface area contributed by atoms with Crippen molar-refractivity contribution in [3.8, 4) is 0 Å². The number of rotatable bonds is 1. The third kappa shape index (κ3) is 5.48. The third-order valence-electron chi connectivity index (χ3n) is 3.10. The predicted octanol–water partition coefficient (Wildman–Crippen LogP) is 2.75. The maximum absolute atomic E-state index is 11.7. The molecule has 0 aromatic heterocycles. The zero-order valence-electron chi connectivity index (χ0n) is 11.1. The van der Waals surface area contributed by atoms with Crippen molar-refractivity contribution in [1.29, 1.82) is 0 Å². The summed E-state index contributed by atoms with van der Waals surface area (Å²) in [6, 6.07) is 0.435. The van der Waals surface area contributed by atoms with Crippen LogP contribution in [-0.2, 0) is 4.79 Å². The molecule has 4 heteroatoms. The topological polar surface area (TPSA) is 41.1 Å². The Kier molecular flexibility index (Phi) is 5.37. The van der Waals surface area contributed by atoms with Crippen LogP contribution in [0.1, 0.15) is 59.3 Å². The summed E-state index contributed by atoms with van der Waals surface area (Å²) in [5.74, 6) is -0.0244. The van der Waals surface area contributed by atoms with E-state index < -0.39 is 5.41 Å². The molecule has 3 nitrogen and oxygen atoms in total. The summed E-state index contributed by atoms with van der Waals surface area (Å²) >= 11 is 5.18. The fourth-order valence-electron chi connectivity index (χ4n) is 1.94. The van der Waals surface area contributed by atoms with E-state index in [2.05, 4.69) is 10.6 Å². The molecule has 0 heterocycles. The molecule has 1 aliphatic carbocycles. The molecule has 1 rings (SSSR count). The Bertz CT molecular complexity index is 276. The lowest BCUT2D eigenvalue weighted by molar-refractivity contribution is -0.126. The Morgan fingerprint density at radius 3 is 2.12 bits per heavy atom. The summed E-state index contributed by atoms with van der Waals surface area (Å²) in [6.07, 6.45) is 7.47. The summed E-state index contributed by atoms with van der Waals surface area (Å²) in [4.78, 5) is 11.7. The molecule has 1 aliphatic rings. The van der Waals surface area contributed by atoms with E-state index in [9.17, 15) is 4.79 Å². The van der Waals surface area contributed by atoms with E-state index in [1.165, 1.54) is 25.7 Å². The molecule has 0 aromatic rings. The van der Waals surface area contributed by atoms with Crippen molar-refractivity contribution in [2.75, 3.05) is 0 Å². The van der Waals surface area contributed by atoms with Crippen molar-refractivity contribution in [3.05, 3.63) is 0 Å². The first-order valence-electron chi connectivity index (χ1n) is 6.51. The zero-order chi connectivity index (χ0) is 12.9. The van der Waals surface area contributed by atoms with E-state index in [1.807, 2.05) is 20.8 Å². The van der Waals surface area contributed by atoms with Gasteiger partial charge in [-0.25, -0.2) is 0 Å². The summed E-state index contributed by atoms with van der Waals surface area (Å²) in [5, 5.41) is 6.51. The van der Waals surface area contributed by atoms with Crippen LogP contribution < -0.4 is 10.6 Å². The van der Waals surface area contributed by atoms with Gasteiger partial charge in [-0.3, -0.25) is 4.79 Å². The first kappa shape index (κ1) is 14.4. The highest BCUT2D eigenvalue weighted by atomic mass is 32.1.